The van der Waals surface area contributed by atoms with Crippen LogP contribution in [0.25, 0.3) is 0 Å². The summed E-state index contributed by atoms with van der Waals surface area (Å²) < 4.78 is 21.3. The third-order valence-electron chi connectivity index (χ3n) is 5.36. The number of nitrogens with one attached hydrogen (secondary N) is 1. The average Bonchev–Trinajstić information content (AvgIpc) is 3.28. The Morgan fingerprint density at radius 2 is 1.94 bits per heavy atom. The number of hydrogen-bond acceptors (Lipinski definition) is 3. The molecule has 2 atom stereocenters. The molecule has 1 aromatic heterocycles. The van der Waals surface area contributed by atoms with E-state index in [4.69, 9.17) is 4.74 Å². The lowest BCUT2D eigenvalue weighted by atomic mass is 10.1. The molecule has 0 aliphatic carbocycles. The van der Waals surface area contributed by atoms with Gasteiger partial charge in [-0.15, -0.1) is 24.0 Å². The summed E-state index contributed by atoms with van der Waals surface area (Å²) in [6, 6.07) is 16.9. The summed E-state index contributed by atoms with van der Waals surface area (Å²) in [5.74, 6) is 0.594. The van der Waals surface area contributed by atoms with E-state index in [1.54, 1.807) is 25.4 Å². The van der Waals surface area contributed by atoms with Gasteiger partial charge >= 0.3 is 0 Å². The van der Waals surface area contributed by atoms with Crippen LogP contribution < -0.4 is 5.32 Å². The van der Waals surface area contributed by atoms with E-state index in [1.807, 2.05) is 16.9 Å². The summed E-state index contributed by atoms with van der Waals surface area (Å²) in [6.07, 6.45) is 3.67. The van der Waals surface area contributed by atoms with Crippen molar-refractivity contribution in [2.75, 3.05) is 20.1 Å². The molecule has 2 aromatic carbocycles. The van der Waals surface area contributed by atoms with Gasteiger partial charge < -0.3 is 15.0 Å². The van der Waals surface area contributed by atoms with E-state index in [2.05, 4.69) is 51.5 Å². The molecule has 1 aliphatic rings. The first-order valence-electron chi connectivity index (χ1n) is 10.5. The molecule has 1 aliphatic heterocycles. The number of benzene rings is 2. The zero-order valence-corrected chi connectivity index (χ0v) is 20.6. The normalized spacial score (nSPS) is 18.8. The highest BCUT2D eigenvalue weighted by molar-refractivity contribution is 14.0. The number of morpholine rings is 1. The zero-order chi connectivity index (χ0) is 21.6. The van der Waals surface area contributed by atoms with Crippen molar-refractivity contribution in [2.45, 2.75) is 32.2 Å². The van der Waals surface area contributed by atoms with Gasteiger partial charge in [0.15, 0.2) is 5.96 Å². The summed E-state index contributed by atoms with van der Waals surface area (Å²) >= 11 is 0. The lowest BCUT2D eigenvalue weighted by molar-refractivity contribution is -0.0605. The van der Waals surface area contributed by atoms with E-state index in [1.165, 1.54) is 23.3 Å². The minimum absolute atomic E-state index is 0. The Bertz CT molecular complexity index is 1010. The van der Waals surface area contributed by atoms with E-state index < -0.39 is 0 Å². The zero-order valence-electron chi connectivity index (χ0n) is 18.3. The number of nitrogens with zero attached hydrogens (tertiary/aromatic N) is 4. The number of guanidine groups is 1. The number of hydrogen-bond donors (Lipinski definition) is 1. The van der Waals surface area contributed by atoms with Gasteiger partial charge in [0.05, 0.1) is 19.2 Å². The van der Waals surface area contributed by atoms with Gasteiger partial charge in [-0.2, -0.15) is 5.10 Å². The van der Waals surface area contributed by atoms with Crippen molar-refractivity contribution in [3.63, 3.8) is 0 Å². The van der Waals surface area contributed by atoms with Gasteiger partial charge in [-0.05, 0) is 41.8 Å². The molecule has 1 fully saturated rings. The Labute approximate surface area is 205 Å². The number of aromatic nitrogens is 2. The summed E-state index contributed by atoms with van der Waals surface area (Å²) in [4.78, 5) is 6.69. The van der Waals surface area contributed by atoms with Gasteiger partial charge in [-0.25, -0.2) is 4.39 Å². The largest absolute Gasteiger partial charge is 0.367 e. The van der Waals surface area contributed by atoms with E-state index >= 15 is 0 Å². The molecule has 0 radical (unpaired) electrons. The number of halogens is 2. The summed E-state index contributed by atoms with van der Waals surface area (Å²) in [6.45, 7) is 4.88. The summed E-state index contributed by atoms with van der Waals surface area (Å²) in [5, 5.41) is 7.76. The summed E-state index contributed by atoms with van der Waals surface area (Å²) in [7, 11) is 1.80. The molecule has 170 valence electrons. The standard InChI is InChI=1S/C24H28FN5O.HI/c1-18-15-29(17-23(31-18)21-7-9-22(25)10-8-21)24(26-2)27-14-19-5-3-6-20(13-19)16-30-12-4-11-28-30;/h3-13,18,23H,14-17H2,1-2H3,(H,26,27);1H. The Kier molecular flexibility index (Phi) is 8.63. The first-order valence-corrected chi connectivity index (χ1v) is 10.5. The van der Waals surface area contributed by atoms with E-state index in [0.29, 0.717) is 13.1 Å². The van der Waals surface area contributed by atoms with Crippen LogP contribution in [0.1, 0.15) is 29.7 Å². The lowest BCUT2D eigenvalue weighted by Gasteiger charge is -2.38. The molecule has 4 rings (SSSR count). The first-order chi connectivity index (χ1) is 15.1. The highest BCUT2D eigenvalue weighted by Gasteiger charge is 2.28. The van der Waals surface area contributed by atoms with Crippen molar-refractivity contribution in [1.82, 2.24) is 20.0 Å². The van der Waals surface area contributed by atoms with Crippen LogP contribution in [-0.4, -0.2) is 46.9 Å². The smallest absolute Gasteiger partial charge is 0.194 e. The number of ether oxygens (including phenoxy) is 1. The molecule has 0 amide bonds. The molecule has 1 saturated heterocycles. The maximum Gasteiger partial charge on any atom is 0.194 e. The van der Waals surface area contributed by atoms with E-state index in [9.17, 15) is 4.39 Å². The Hall–Kier alpha value is -2.46. The monoisotopic (exact) mass is 549 g/mol. The second-order valence-electron chi connectivity index (χ2n) is 7.82. The fourth-order valence-corrected chi connectivity index (χ4v) is 3.92. The van der Waals surface area contributed by atoms with Crippen LogP contribution in [0.3, 0.4) is 0 Å². The Balaban J connectivity index is 0.00000289. The molecule has 1 N–H and O–H groups in total. The van der Waals surface area contributed by atoms with Gasteiger partial charge in [0.1, 0.15) is 11.9 Å². The van der Waals surface area contributed by atoms with Crippen LogP contribution in [0.5, 0.6) is 0 Å². The fraction of sp³-hybridized carbons (Fsp3) is 0.333. The highest BCUT2D eigenvalue weighted by Crippen LogP contribution is 2.25. The van der Waals surface area contributed by atoms with E-state index in [0.717, 1.165) is 24.6 Å². The predicted molar refractivity (Wildman–Crippen MR) is 135 cm³/mol. The average molecular weight is 549 g/mol. The molecule has 0 bridgehead atoms. The first kappa shape index (κ1) is 24.2. The van der Waals surface area contributed by atoms with Gasteiger partial charge in [-0.3, -0.25) is 9.67 Å². The second kappa shape index (κ2) is 11.4. The lowest BCUT2D eigenvalue weighted by Crippen LogP contribution is -2.50. The molecule has 0 spiro atoms. The van der Waals surface area contributed by atoms with Gasteiger partial charge in [0, 0.05) is 32.5 Å². The fourth-order valence-electron chi connectivity index (χ4n) is 3.92. The van der Waals surface area contributed by atoms with Crippen LogP contribution in [0, 0.1) is 5.82 Å². The van der Waals surface area contributed by atoms with Crippen LogP contribution >= 0.6 is 24.0 Å². The molecular formula is C24H29FIN5O. The van der Waals surface area contributed by atoms with Crippen LogP contribution in [-0.2, 0) is 17.8 Å². The maximum absolute atomic E-state index is 13.3. The third kappa shape index (κ3) is 6.29. The van der Waals surface area contributed by atoms with E-state index in [-0.39, 0.29) is 42.0 Å². The third-order valence-corrected chi connectivity index (χ3v) is 5.36. The molecule has 8 heteroatoms. The summed E-state index contributed by atoms with van der Waals surface area (Å²) in [5.41, 5.74) is 3.36. The van der Waals surface area contributed by atoms with Gasteiger partial charge in [-0.1, -0.05) is 36.4 Å². The minimum atomic E-state index is -0.239. The molecule has 0 saturated carbocycles. The quantitative estimate of drug-likeness (QED) is 0.294. The molecule has 3 aromatic rings. The van der Waals surface area contributed by atoms with Crippen LogP contribution in [0.4, 0.5) is 4.39 Å². The van der Waals surface area contributed by atoms with Crippen molar-refractivity contribution >= 4 is 29.9 Å². The van der Waals surface area contributed by atoms with Crippen LogP contribution in [0.2, 0.25) is 0 Å². The maximum atomic E-state index is 13.3. The Morgan fingerprint density at radius 3 is 2.66 bits per heavy atom. The predicted octanol–water partition coefficient (Wildman–Crippen LogP) is 4.23. The van der Waals surface area contributed by atoms with Crippen molar-refractivity contribution < 1.29 is 9.13 Å². The topological polar surface area (TPSA) is 54.7 Å². The second-order valence-corrected chi connectivity index (χ2v) is 7.82. The van der Waals surface area contributed by atoms with Crippen molar-refractivity contribution in [2.24, 2.45) is 4.99 Å². The molecule has 2 unspecified atom stereocenters. The van der Waals surface area contributed by atoms with Gasteiger partial charge in [0.2, 0.25) is 0 Å². The van der Waals surface area contributed by atoms with Crippen molar-refractivity contribution in [3.8, 4) is 0 Å². The Morgan fingerprint density at radius 1 is 1.16 bits per heavy atom. The highest BCUT2D eigenvalue weighted by atomic mass is 127. The molecular weight excluding hydrogens is 520 g/mol. The van der Waals surface area contributed by atoms with Crippen LogP contribution in [0.15, 0.2) is 72.0 Å². The number of rotatable bonds is 5. The van der Waals surface area contributed by atoms with Gasteiger partial charge in [0.25, 0.3) is 0 Å². The minimum Gasteiger partial charge on any atom is -0.367 e. The van der Waals surface area contributed by atoms with Crippen molar-refractivity contribution in [3.05, 3.63) is 89.5 Å². The molecule has 32 heavy (non-hydrogen) atoms. The molecule has 6 nitrogen and oxygen atoms in total. The molecule has 2 heterocycles. The van der Waals surface area contributed by atoms with Crippen molar-refractivity contribution in [1.29, 1.82) is 0 Å². The SMILES string of the molecule is CN=C(NCc1cccc(Cn2cccn2)c1)N1CC(C)OC(c2ccc(F)cc2)C1.I. The number of aliphatic imine (C=N–C) groups is 1.